The fourth-order valence-electron chi connectivity index (χ4n) is 5.55. The molecule has 1 aromatic carbocycles. The molecule has 2 amide bonds. The standard InChI is InChI=1S/C27H37N7O2S/c1-19(29-20(2)35)25-31-22-9-4-5-10-23(22)33(25)16-12-28-26(36)24-11-8-15-34(24)27-30-21(18-37-27)17-32-13-6-3-7-14-32/h4-5,9-10,18-19,24H,3,6-8,11-17H2,1-2H3,(H,28,36)(H,29,35)/t19-,24+/m0/s1. The molecule has 2 atom stereocenters. The minimum Gasteiger partial charge on any atom is -0.353 e. The zero-order valence-corrected chi connectivity index (χ0v) is 22.6. The van der Waals surface area contributed by atoms with Crippen LogP contribution < -0.4 is 15.5 Å². The van der Waals surface area contributed by atoms with Crippen molar-refractivity contribution in [3.63, 3.8) is 0 Å². The zero-order valence-electron chi connectivity index (χ0n) is 21.8. The summed E-state index contributed by atoms with van der Waals surface area (Å²) >= 11 is 1.65. The van der Waals surface area contributed by atoms with Crippen molar-refractivity contribution in [1.82, 2.24) is 30.1 Å². The maximum absolute atomic E-state index is 13.2. The van der Waals surface area contributed by atoms with Crippen LogP contribution in [0.25, 0.3) is 11.0 Å². The van der Waals surface area contributed by atoms with Crippen LogP contribution in [0.1, 0.15) is 63.5 Å². The third-order valence-corrected chi connectivity index (χ3v) is 8.23. The van der Waals surface area contributed by atoms with E-state index in [1.165, 1.54) is 26.2 Å². The summed E-state index contributed by atoms with van der Waals surface area (Å²) in [6.07, 6.45) is 5.70. The van der Waals surface area contributed by atoms with Crippen molar-refractivity contribution >= 4 is 39.3 Å². The van der Waals surface area contributed by atoms with Gasteiger partial charge in [0.1, 0.15) is 11.9 Å². The summed E-state index contributed by atoms with van der Waals surface area (Å²) in [5.41, 5.74) is 2.99. The Morgan fingerprint density at radius 3 is 2.73 bits per heavy atom. The van der Waals surface area contributed by atoms with Crippen molar-refractivity contribution in [2.75, 3.05) is 31.1 Å². The maximum atomic E-state index is 13.2. The average Bonchev–Trinajstić information content (AvgIpc) is 3.63. The molecule has 2 saturated heterocycles. The monoisotopic (exact) mass is 523 g/mol. The van der Waals surface area contributed by atoms with Gasteiger partial charge < -0.3 is 20.1 Å². The van der Waals surface area contributed by atoms with E-state index in [4.69, 9.17) is 9.97 Å². The first-order valence-corrected chi connectivity index (χ1v) is 14.3. The van der Waals surface area contributed by atoms with Crippen LogP contribution in [-0.4, -0.2) is 63.5 Å². The lowest BCUT2D eigenvalue weighted by atomic mass is 10.1. The van der Waals surface area contributed by atoms with Gasteiger partial charge in [0.25, 0.3) is 0 Å². The van der Waals surface area contributed by atoms with Crippen LogP contribution in [0.5, 0.6) is 0 Å². The number of aromatic nitrogens is 3. The molecule has 10 heteroatoms. The number of benzene rings is 1. The third-order valence-electron chi connectivity index (χ3n) is 7.30. The number of piperidine rings is 1. The number of para-hydroxylation sites is 2. The van der Waals surface area contributed by atoms with Crippen molar-refractivity contribution in [1.29, 1.82) is 0 Å². The van der Waals surface area contributed by atoms with Gasteiger partial charge in [-0.3, -0.25) is 14.5 Å². The predicted octanol–water partition coefficient (Wildman–Crippen LogP) is 3.46. The third kappa shape index (κ3) is 5.96. The van der Waals surface area contributed by atoms with Crippen molar-refractivity contribution in [3.8, 4) is 0 Å². The summed E-state index contributed by atoms with van der Waals surface area (Å²) in [6, 6.07) is 7.52. The molecule has 3 aromatic rings. The van der Waals surface area contributed by atoms with Gasteiger partial charge >= 0.3 is 0 Å². The second-order valence-corrected chi connectivity index (χ2v) is 11.0. The Morgan fingerprint density at radius 2 is 1.92 bits per heavy atom. The number of amides is 2. The lowest BCUT2D eigenvalue weighted by molar-refractivity contribution is -0.122. The van der Waals surface area contributed by atoms with Crippen LogP contribution in [0.4, 0.5) is 5.13 Å². The summed E-state index contributed by atoms with van der Waals surface area (Å²) in [7, 11) is 0. The van der Waals surface area contributed by atoms with Gasteiger partial charge in [0.05, 0.1) is 22.8 Å². The number of carbonyl (C=O) groups excluding carboxylic acids is 2. The molecule has 5 rings (SSSR count). The fraction of sp³-hybridized carbons (Fsp3) is 0.556. The Bertz CT molecular complexity index is 1230. The first-order chi connectivity index (χ1) is 18.0. The Morgan fingerprint density at radius 1 is 1.11 bits per heavy atom. The Balaban J connectivity index is 1.21. The summed E-state index contributed by atoms with van der Waals surface area (Å²) in [5.74, 6) is 0.741. The highest BCUT2D eigenvalue weighted by molar-refractivity contribution is 7.13. The second kappa shape index (κ2) is 11.6. The van der Waals surface area contributed by atoms with Crippen LogP contribution >= 0.6 is 11.3 Å². The zero-order chi connectivity index (χ0) is 25.8. The van der Waals surface area contributed by atoms with Gasteiger partial charge in [0.15, 0.2) is 5.13 Å². The Labute approximate surface area is 222 Å². The van der Waals surface area contributed by atoms with Gasteiger partial charge in [-0.2, -0.15) is 0 Å². The molecule has 4 heterocycles. The van der Waals surface area contributed by atoms with Gasteiger partial charge in [-0.25, -0.2) is 9.97 Å². The second-order valence-electron chi connectivity index (χ2n) is 10.1. The molecule has 0 spiro atoms. The van der Waals surface area contributed by atoms with Crippen LogP contribution in [0.15, 0.2) is 29.6 Å². The number of fused-ring (bicyclic) bond motifs is 1. The van der Waals surface area contributed by atoms with Gasteiger partial charge in [0.2, 0.25) is 11.8 Å². The molecular weight excluding hydrogens is 486 g/mol. The van der Waals surface area contributed by atoms with Crippen molar-refractivity contribution in [2.24, 2.45) is 0 Å². The smallest absolute Gasteiger partial charge is 0.242 e. The van der Waals surface area contributed by atoms with E-state index in [0.29, 0.717) is 13.1 Å². The van der Waals surface area contributed by atoms with E-state index in [0.717, 1.165) is 66.7 Å². The largest absolute Gasteiger partial charge is 0.353 e. The number of anilines is 1. The topological polar surface area (TPSA) is 95.4 Å². The molecule has 0 bridgehead atoms. The highest BCUT2D eigenvalue weighted by Gasteiger charge is 2.32. The van der Waals surface area contributed by atoms with E-state index in [-0.39, 0.29) is 23.9 Å². The number of thiazole rings is 1. The molecule has 198 valence electrons. The molecule has 2 aliphatic heterocycles. The quantitative estimate of drug-likeness (QED) is 0.446. The molecule has 0 radical (unpaired) electrons. The highest BCUT2D eigenvalue weighted by Crippen LogP contribution is 2.29. The van der Waals surface area contributed by atoms with Crippen LogP contribution in [0.2, 0.25) is 0 Å². The number of imidazole rings is 1. The number of nitrogens with zero attached hydrogens (tertiary/aromatic N) is 5. The lowest BCUT2D eigenvalue weighted by Crippen LogP contribution is -2.44. The molecule has 9 nitrogen and oxygen atoms in total. The minimum atomic E-state index is -0.227. The minimum absolute atomic E-state index is 0.0474. The van der Waals surface area contributed by atoms with E-state index < -0.39 is 0 Å². The SMILES string of the molecule is CC(=O)N[C@@H](C)c1nc2ccccc2n1CCNC(=O)[C@H]1CCCN1c1nc(CN2CCCCC2)cs1. The number of carbonyl (C=O) groups is 2. The average molecular weight is 524 g/mol. The summed E-state index contributed by atoms with van der Waals surface area (Å²) in [5, 5.41) is 9.20. The van der Waals surface area contributed by atoms with E-state index in [1.807, 2.05) is 31.2 Å². The first kappa shape index (κ1) is 25.7. The van der Waals surface area contributed by atoms with Crippen molar-refractivity contribution in [3.05, 3.63) is 41.2 Å². The molecule has 2 aliphatic rings. The number of rotatable bonds is 9. The first-order valence-electron chi connectivity index (χ1n) is 13.4. The summed E-state index contributed by atoms with van der Waals surface area (Å²) in [6.45, 7) is 8.57. The van der Waals surface area contributed by atoms with E-state index in [9.17, 15) is 9.59 Å². The lowest BCUT2D eigenvalue weighted by Gasteiger charge is -2.25. The molecule has 0 unspecified atom stereocenters. The molecule has 37 heavy (non-hydrogen) atoms. The van der Waals surface area contributed by atoms with Crippen molar-refractivity contribution < 1.29 is 9.59 Å². The summed E-state index contributed by atoms with van der Waals surface area (Å²) in [4.78, 5) is 39.2. The van der Waals surface area contributed by atoms with Gasteiger partial charge in [0, 0.05) is 38.5 Å². The van der Waals surface area contributed by atoms with E-state index >= 15 is 0 Å². The van der Waals surface area contributed by atoms with Crippen LogP contribution in [0.3, 0.4) is 0 Å². The Kier molecular flexibility index (Phi) is 8.05. The number of nitrogens with one attached hydrogen (secondary N) is 2. The molecule has 0 saturated carbocycles. The van der Waals surface area contributed by atoms with Gasteiger partial charge in [-0.1, -0.05) is 18.6 Å². The van der Waals surface area contributed by atoms with Crippen LogP contribution in [0, 0.1) is 0 Å². The van der Waals surface area contributed by atoms with E-state index in [2.05, 4.69) is 30.4 Å². The van der Waals surface area contributed by atoms with Crippen molar-refractivity contribution in [2.45, 2.75) is 71.1 Å². The molecule has 2 fully saturated rings. The molecule has 2 aromatic heterocycles. The van der Waals surface area contributed by atoms with Gasteiger partial charge in [-0.05, 0) is 57.8 Å². The van der Waals surface area contributed by atoms with Crippen LogP contribution in [-0.2, 0) is 22.7 Å². The predicted molar refractivity (Wildman–Crippen MR) is 147 cm³/mol. The molecular formula is C27H37N7O2S. The van der Waals surface area contributed by atoms with Gasteiger partial charge in [-0.15, -0.1) is 11.3 Å². The molecule has 0 aliphatic carbocycles. The number of hydrogen-bond acceptors (Lipinski definition) is 7. The fourth-order valence-corrected chi connectivity index (χ4v) is 6.45. The molecule has 2 N–H and O–H groups in total. The highest BCUT2D eigenvalue weighted by atomic mass is 32.1. The summed E-state index contributed by atoms with van der Waals surface area (Å²) < 4.78 is 2.09. The normalized spacial score (nSPS) is 19.3. The van der Waals surface area contributed by atoms with E-state index in [1.54, 1.807) is 11.3 Å². The Hall–Kier alpha value is -2.98. The number of likely N-dealkylation sites (tertiary alicyclic amines) is 1. The number of hydrogen-bond donors (Lipinski definition) is 2. The maximum Gasteiger partial charge on any atom is 0.242 e.